The molecule has 0 unspecified atom stereocenters. The average Bonchev–Trinajstić information content (AvgIpc) is 2.58. The van der Waals surface area contributed by atoms with Crippen LogP contribution in [-0.2, 0) is 14.3 Å². The molecule has 0 radical (unpaired) electrons. The predicted octanol–water partition coefficient (Wildman–Crippen LogP) is 6.16. The Morgan fingerprint density at radius 2 is 1.25 bits per heavy atom. The molecule has 0 saturated heterocycles. The Labute approximate surface area is 149 Å². The predicted molar refractivity (Wildman–Crippen MR) is 101 cm³/mol. The van der Waals surface area contributed by atoms with Gasteiger partial charge in [0.05, 0.1) is 7.11 Å². The number of allylic oxidation sites excluding steroid dienone is 2. The molecule has 0 spiro atoms. The van der Waals surface area contributed by atoms with E-state index in [0.717, 1.165) is 12.8 Å². The van der Waals surface area contributed by atoms with Gasteiger partial charge in [0.1, 0.15) is 12.2 Å². The fourth-order valence-electron chi connectivity index (χ4n) is 2.71. The lowest BCUT2D eigenvalue weighted by molar-refractivity contribution is -0.143. The van der Waals surface area contributed by atoms with E-state index in [1.165, 1.54) is 77.7 Å². The minimum absolute atomic E-state index is 0.000484. The quantitative estimate of drug-likeness (QED) is 0.138. The average molecular weight is 339 g/mol. The Balaban J connectivity index is 3.23. The fraction of sp³-hybridized carbons (Fsp3) is 0.810. The van der Waals surface area contributed by atoms with Gasteiger partial charge in [-0.05, 0) is 32.1 Å². The van der Waals surface area contributed by atoms with Crippen molar-refractivity contribution in [3.05, 3.63) is 12.2 Å². The van der Waals surface area contributed by atoms with Crippen molar-refractivity contribution in [3.8, 4) is 0 Å². The first-order chi connectivity index (χ1) is 11.7. The number of ether oxygens (including phenoxy) is 1. The Kier molecular flexibility index (Phi) is 17.4. The van der Waals surface area contributed by atoms with Gasteiger partial charge in [0.15, 0.2) is 0 Å². The molecule has 3 nitrogen and oxygen atoms in total. The number of hydrogen-bond acceptors (Lipinski definition) is 3. The van der Waals surface area contributed by atoms with Crippen LogP contribution in [0, 0.1) is 0 Å². The summed E-state index contributed by atoms with van der Waals surface area (Å²) in [6.07, 6.45) is 21.3. The van der Waals surface area contributed by atoms with Gasteiger partial charge in [0.2, 0.25) is 0 Å². The largest absolute Gasteiger partial charge is 0.469 e. The second-order valence-electron chi connectivity index (χ2n) is 6.63. The first-order valence-electron chi connectivity index (χ1n) is 9.94. The maximum atomic E-state index is 11.4. The van der Waals surface area contributed by atoms with E-state index >= 15 is 0 Å². The van der Waals surface area contributed by atoms with E-state index in [4.69, 9.17) is 0 Å². The molecule has 0 aromatic heterocycles. The number of ketones is 1. The van der Waals surface area contributed by atoms with Crippen molar-refractivity contribution in [1.29, 1.82) is 0 Å². The Morgan fingerprint density at radius 1 is 0.750 bits per heavy atom. The monoisotopic (exact) mass is 338 g/mol. The van der Waals surface area contributed by atoms with Crippen LogP contribution in [0.4, 0.5) is 0 Å². The van der Waals surface area contributed by atoms with E-state index in [0.29, 0.717) is 6.42 Å². The van der Waals surface area contributed by atoms with Gasteiger partial charge in [-0.25, -0.2) is 0 Å². The fourth-order valence-corrected chi connectivity index (χ4v) is 2.71. The smallest absolute Gasteiger partial charge is 0.313 e. The SMILES string of the molecule is CCCCCCCC/C=C/CCCCCCCC(=O)CC(=O)OC. The number of esters is 1. The maximum absolute atomic E-state index is 11.4. The van der Waals surface area contributed by atoms with Crippen molar-refractivity contribution < 1.29 is 14.3 Å². The molecule has 0 aliphatic heterocycles. The summed E-state index contributed by atoms with van der Waals surface area (Å²) in [4.78, 5) is 22.4. The minimum Gasteiger partial charge on any atom is -0.469 e. The molecule has 0 amide bonds. The van der Waals surface area contributed by atoms with Crippen LogP contribution in [-0.4, -0.2) is 18.9 Å². The highest BCUT2D eigenvalue weighted by molar-refractivity contribution is 5.95. The summed E-state index contributed by atoms with van der Waals surface area (Å²) in [5.41, 5.74) is 0. The highest BCUT2D eigenvalue weighted by atomic mass is 16.5. The summed E-state index contributed by atoms with van der Waals surface area (Å²) in [5, 5.41) is 0. The highest BCUT2D eigenvalue weighted by Gasteiger charge is 2.08. The van der Waals surface area contributed by atoms with E-state index in [1.54, 1.807) is 0 Å². The van der Waals surface area contributed by atoms with Crippen LogP contribution in [0.15, 0.2) is 12.2 Å². The van der Waals surface area contributed by atoms with Crippen molar-refractivity contribution >= 4 is 11.8 Å². The maximum Gasteiger partial charge on any atom is 0.313 e. The molecular weight excluding hydrogens is 300 g/mol. The van der Waals surface area contributed by atoms with Crippen LogP contribution >= 0.6 is 0 Å². The minimum atomic E-state index is -0.423. The third-order valence-electron chi connectivity index (χ3n) is 4.29. The molecule has 0 aliphatic carbocycles. The van der Waals surface area contributed by atoms with Gasteiger partial charge in [-0.2, -0.15) is 0 Å². The molecule has 0 aromatic carbocycles. The molecule has 0 aliphatic rings. The van der Waals surface area contributed by atoms with Crippen LogP contribution in [0.25, 0.3) is 0 Å². The highest BCUT2D eigenvalue weighted by Crippen LogP contribution is 2.10. The lowest BCUT2D eigenvalue weighted by Gasteiger charge is -2.01. The van der Waals surface area contributed by atoms with Gasteiger partial charge in [-0.1, -0.05) is 70.4 Å². The number of hydrogen-bond donors (Lipinski definition) is 0. The molecule has 0 bridgehead atoms. The zero-order chi connectivity index (χ0) is 17.9. The lowest BCUT2D eigenvalue weighted by atomic mass is 10.1. The normalized spacial score (nSPS) is 11.1. The molecule has 0 atom stereocenters. The van der Waals surface area contributed by atoms with E-state index in [-0.39, 0.29) is 12.2 Å². The molecule has 0 aromatic rings. The Bertz CT molecular complexity index is 334. The summed E-state index contributed by atoms with van der Waals surface area (Å²) in [5.74, 6) is -0.424. The summed E-state index contributed by atoms with van der Waals surface area (Å²) in [7, 11) is 1.32. The van der Waals surface area contributed by atoms with E-state index < -0.39 is 5.97 Å². The zero-order valence-electron chi connectivity index (χ0n) is 16.0. The molecule has 24 heavy (non-hydrogen) atoms. The Hall–Kier alpha value is -1.12. The van der Waals surface area contributed by atoms with E-state index in [2.05, 4.69) is 23.8 Å². The molecule has 0 rings (SSSR count). The zero-order valence-corrected chi connectivity index (χ0v) is 16.0. The number of carbonyl (C=O) groups is 2. The van der Waals surface area contributed by atoms with Crippen molar-refractivity contribution in [1.82, 2.24) is 0 Å². The summed E-state index contributed by atoms with van der Waals surface area (Å²) in [6.45, 7) is 2.26. The third kappa shape index (κ3) is 17.2. The summed E-state index contributed by atoms with van der Waals surface area (Å²) in [6, 6.07) is 0. The summed E-state index contributed by atoms with van der Waals surface area (Å²) >= 11 is 0. The molecule has 0 saturated carbocycles. The molecule has 0 heterocycles. The van der Waals surface area contributed by atoms with Crippen LogP contribution in [0.1, 0.15) is 103 Å². The molecule has 0 N–H and O–H groups in total. The van der Waals surface area contributed by atoms with Crippen LogP contribution in [0.3, 0.4) is 0 Å². The number of carbonyl (C=O) groups excluding carboxylic acids is 2. The van der Waals surface area contributed by atoms with Gasteiger partial charge < -0.3 is 4.74 Å². The summed E-state index contributed by atoms with van der Waals surface area (Å²) < 4.78 is 4.48. The molecule has 0 fully saturated rings. The van der Waals surface area contributed by atoms with Gasteiger partial charge >= 0.3 is 5.97 Å². The van der Waals surface area contributed by atoms with Crippen molar-refractivity contribution in [3.63, 3.8) is 0 Å². The van der Waals surface area contributed by atoms with Gasteiger partial charge in [0, 0.05) is 6.42 Å². The van der Waals surface area contributed by atoms with Crippen LogP contribution < -0.4 is 0 Å². The number of Topliss-reactive ketones (excluding diaryl/α,β-unsaturated/α-hetero) is 1. The van der Waals surface area contributed by atoms with Crippen molar-refractivity contribution in [2.75, 3.05) is 7.11 Å². The third-order valence-corrected chi connectivity index (χ3v) is 4.29. The van der Waals surface area contributed by atoms with Crippen LogP contribution in [0.2, 0.25) is 0 Å². The topological polar surface area (TPSA) is 43.4 Å². The standard InChI is InChI=1S/C21H38O3/c1-3-4-5-6-7-8-9-10-11-12-13-14-15-16-17-18-20(22)19-21(23)24-2/h10-11H,3-9,12-19H2,1-2H3/b11-10+. The lowest BCUT2D eigenvalue weighted by Crippen LogP contribution is -2.08. The second-order valence-corrected chi connectivity index (χ2v) is 6.63. The van der Waals surface area contributed by atoms with Gasteiger partial charge in [-0.3, -0.25) is 9.59 Å². The van der Waals surface area contributed by atoms with Crippen molar-refractivity contribution in [2.24, 2.45) is 0 Å². The van der Waals surface area contributed by atoms with Crippen molar-refractivity contribution in [2.45, 2.75) is 103 Å². The molecular formula is C21H38O3. The first kappa shape index (κ1) is 22.9. The molecule has 3 heteroatoms. The second kappa shape index (κ2) is 18.2. The molecule has 140 valence electrons. The Morgan fingerprint density at radius 3 is 1.79 bits per heavy atom. The number of rotatable bonds is 17. The van der Waals surface area contributed by atoms with Gasteiger partial charge in [0.25, 0.3) is 0 Å². The van der Waals surface area contributed by atoms with Crippen LogP contribution in [0.5, 0.6) is 0 Å². The number of unbranched alkanes of at least 4 members (excludes halogenated alkanes) is 11. The van der Waals surface area contributed by atoms with Gasteiger partial charge in [-0.15, -0.1) is 0 Å². The number of methoxy groups -OCH3 is 1. The first-order valence-corrected chi connectivity index (χ1v) is 9.94. The van der Waals surface area contributed by atoms with E-state index in [9.17, 15) is 9.59 Å². The van der Waals surface area contributed by atoms with E-state index in [1.807, 2.05) is 0 Å².